The number of sulfonamides is 1. The van der Waals surface area contributed by atoms with Gasteiger partial charge in [-0.05, 0) is 36.4 Å². The van der Waals surface area contributed by atoms with E-state index in [9.17, 15) is 21.6 Å². The Morgan fingerprint density at radius 2 is 1.78 bits per heavy atom. The van der Waals surface area contributed by atoms with Crippen LogP contribution in [0.5, 0.6) is 0 Å². The lowest BCUT2D eigenvalue weighted by molar-refractivity contribution is -0.137. The van der Waals surface area contributed by atoms with E-state index < -0.39 is 21.8 Å². The Hall–Kier alpha value is -1.97. The van der Waals surface area contributed by atoms with Gasteiger partial charge in [0.1, 0.15) is 0 Å². The SMILES string of the molecule is O=S(=O)(Nc1cc(C(F)(F)F)ccc1N1CCOCC1)c1cccc(Cl)c1. The van der Waals surface area contributed by atoms with Crippen molar-refractivity contribution in [1.29, 1.82) is 0 Å². The molecule has 1 aliphatic heterocycles. The largest absolute Gasteiger partial charge is 0.416 e. The van der Waals surface area contributed by atoms with Crippen LogP contribution in [0.15, 0.2) is 47.4 Å². The number of morpholine rings is 1. The Labute approximate surface area is 159 Å². The molecule has 3 rings (SSSR count). The molecule has 0 saturated carbocycles. The number of nitrogens with zero attached hydrogens (tertiary/aromatic N) is 1. The second-order valence-corrected chi connectivity index (χ2v) is 8.01. The van der Waals surface area contributed by atoms with Gasteiger partial charge in [0.2, 0.25) is 0 Å². The minimum absolute atomic E-state index is 0.139. The summed E-state index contributed by atoms with van der Waals surface area (Å²) in [5.74, 6) is 0. The lowest BCUT2D eigenvalue weighted by Gasteiger charge is -2.31. The number of ether oxygens (including phenoxy) is 1. The van der Waals surface area contributed by atoms with Gasteiger partial charge in [-0.25, -0.2) is 8.42 Å². The van der Waals surface area contributed by atoms with E-state index in [-0.39, 0.29) is 15.6 Å². The lowest BCUT2D eigenvalue weighted by Crippen LogP contribution is -2.36. The number of hydrogen-bond donors (Lipinski definition) is 1. The van der Waals surface area contributed by atoms with Crippen LogP contribution in [0.3, 0.4) is 0 Å². The molecule has 0 amide bonds. The molecule has 1 heterocycles. The highest BCUT2D eigenvalue weighted by Gasteiger charge is 2.32. The van der Waals surface area contributed by atoms with Crippen LogP contribution >= 0.6 is 11.6 Å². The van der Waals surface area contributed by atoms with Crippen molar-refractivity contribution in [1.82, 2.24) is 0 Å². The monoisotopic (exact) mass is 420 g/mol. The zero-order chi connectivity index (χ0) is 19.7. The molecule has 0 atom stereocenters. The van der Waals surface area contributed by atoms with Crippen molar-refractivity contribution < 1.29 is 26.3 Å². The molecule has 1 aliphatic rings. The molecule has 0 aromatic heterocycles. The summed E-state index contributed by atoms with van der Waals surface area (Å²) in [6.07, 6.45) is -4.60. The molecule has 10 heteroatoms. The Morgan fingerprint density at radius 3 is 2.41 bits per heavy atom. The van der Waals surface area contributed by atoms with Crippen LogP contribution in [0, 0.1) is 0 Å². The number of benzene rings is 2. The van der Waals surface area contributed by atoms with Crippen LogP contribution in [0.4, 0.5) is 24.5 Å². The van der Waals surface area contributed by atoms with E-state index in [1.807, 2.05) is 0 Å². The molecule has 0 radical (unpaired) electrons. The summed E-state index contributed by atoms with van der Waals surface area (Å²) in [6, 6.07) is 8.50. The summed E-state index contributed by atoms with van der Waals surface area (Å²) in [6.45, 7) is 1.69. The Kier molecular flexibility index (Phi) is 5.55. The molecule has 27 heavy (non-hydrogen) atoms. The number of rotatable bonds is 4. The second kappa shape index (κ2) is 7.57. The van der Waals surface area contributed by atoms with Crippen molar-refractivity contribution in [2.45, 2.75) is 11.1 Å². The van der Waals surface area contributed by atoms with Gasteiger partial charge in [0.15, 0.2) is 0 Å². The molecular weight excluding hydrogens is 405 g/mol. The van der Waals surface area contributed by atoms with Crippen molar-refractivity contribution in [3.05, 3.63) is 53.1 Å². The first kappa shape index (κ1) is 19.8. The molecule has 146 valence electrons. The van der Waals surface area contributed by atoms with Crippen LogP contribution in [-0.2, 0) is 20.9 Å². The van der Waals surface area contributed by atoms with E-state index in [1.54, 1.807) is 4.90 Å². The first-order chi connectivity index (χ1) is 12.7. The molecule has 0 aliphatic carbocycles. The first-order valence-electron chi connectivity index (χ1n) is 7.99. The average molecular weight is 421 g/mol. The van der Waals surface area contributed by atoms with Crippen LogP contribution in [0.1, 0.15) is 5.56 Å². The Morgan fingerprint density at radius 1 is 1.07 bits per heavy atom. The highest BCUT2D eigenvalue weighted by Crippen LogP contribution is 2.36. The maximum absolute atomic E-state index is 13.1. The van der Waals surface area contributed by atoms with E-state index in [4.69, 9.17) is 16.3 Å². The summed E-state index contributed by atoms with van der Waals surface area (Å²) in [7, 11) is -4.12. The van der Waals surface area contributed by atoms with Gasteiger partial charge in [-0.15, -0.1) is 0 Å². The van der Waals surface area contributed by atoms with E-state index in [1.165, 1.54) is 30.3 Å². The van der Waals surface area contributed by atoms with Crippen molar-refractivity contribution in [2.75, 3.05) is 35.9 Å². The molecule has 1 fully saturated rings. The third-order valence-electron chi connectivity index (χ3n) is 4.03. The fourth-order valence-electron chi connectivity index (χ4n) is 2.71. The maximum Gasteiger partial charge on any atom is 0.416 e. The Balaban J connectivity index is 2.03. The summed E-state index contributed by atoms with van der Waals surface area (Å²) >= 11 is 5.83. The quantitative estimate of drug-likeness (QED) is 0.812. The highest BCUT2D eigenvalue weighted by molar-refractivity contribution is 7.92. The molecule has 0 unspecified atom stereocenters. The van der Waals surface area contributed by atoms with Crippen molar-refractivity contribution >= 4 is 33.0 Å². The van der Waals surface area contributed by atoms with Gasteiger partial charge in [0.05, 0.1) is 35.0 Å². The molecule has 5 nitrogen and oxygen atoms in total. The van der Waals surface area contributed by atoms with E-state index in [0.717, 1.165) is 12.1 Å². The smallest absolute Gasteiger partial charge is 0.378 e. The van der Waals surface area contributed by atoms with Crippen LogP contribution in [0.2, 0.25) is 5.02 Å². The second-order valence-electron chi connectivity index (χ2n) is 5.89. The molecule has 0 spiro atoms. The van der Waals surface area contributed by atoms with E-state index in [2.05, 4.69) is 4.72 Å². The predicted octanol–water partition coefficient (Wildman–Crippen LogP) is 4.00. The topological polar surface area (TPSA) is 58.6 Å². The summed E-state index contributed by atoms with van der Waals surface area (Å²) in [5.41, 5.74) is -0.730. The number of nitrogens with one attached hydrogen (secondary N) is 1. The van der Waals surface area contributed by atoms with Crippen LogP contribution < -0.4 is 9.62 Å². The molecule has 1 saturated heterocycles. The zero-order valence-electron chi connectivity index (χ0n) is 14.0. The molecule has 2 aromatic carbocycles. The predicted molar refractivity (Wildman–Crippen MR) is 96.7 cm³/mol. The summed E-state index contributed by atoms with van der Waals surface area (Å²) in [4.78, 5) is 1.64. The van der Waals surface area contributed by atoms with Crippen molar-refractivity contribution in [3.63, 3.8) is 0 Å². The van der Waals surface area contributed by atoms with E-state index >= 15 is 0 Å². The van der Waals surface area contributed by atoms with Gasteiger partial charge in [0, 0.05) is 18.1 Å². The number of alkyl halides is 3. The number of hydrogen-bond acceptors (Lipinski definition) is 4. The maximum atomic E-state index is 13.1. The fourth-order valence-corrected chi connectivity index (χ4v) is 4.08. The number of halogens is 4. The van der Waals surface area contributed by atoms with Gasteiger partial charge in [0.25, 0.3) is 10.0 Å². The molecule has 1 N–H and O–H groups in total. The molecular formula is C17H16ClF3N2O3S. The minimum Gasteiger partial charge on any atom is -0.378 e. The Bertz CT molecular complexity index is 929. The van der Waals surface area contributed by atoms with Gasteiger partial charge in [-0.1, -0.05) is 17.7 Å². The third-order valence-corrected chi connectivity index (χ3v) is 5.62. The molecule has 0 bridgehead atoms. The fraction of sp³-hybridized carbons (Fsp3) is 0.294. The van der Waals surface area contributed by atoms with Crippen LogP contribution in [0.25, 0.3) is 0 Å². The minimum atomic E-state index is -4.60. The van der Waals surface area contributed by atoms with Crippen LogP contribution in [-0.4, -0.2) is 34.7 Å². The first-order valence-corrected chi connectivity index (χ1v) is 9.85. The third kappa shape index (κ3) is 4.66. The van der Waals surface area contributed by atoms with Crippen molar-refractivity contribution in [3.8, 4) is 0 Å². The summed E-state index contributed by atoms with van der Waals surface area (Å²) in [5, 5.41) is 0.204. The normalized spacial score (nSPS) is 15.6. The van der Waals surface area contributed by atoms with Gasteiger partial charge in [-0.2, -0.15) is 13.2 Å². The van der Waals surface area contributed by atoms with Crippen molar-refractivity contribution in [2.24, 2.45) is 0 Å². The van der Waals surface area contributed by atoms with Gasteiger partial charge >= 0.3 is 6.18 Å². The summed E-state index contributed by atoms with van der Waals surface area (Å²) < 4.78 is 72.2. The van der Waals surface area contributed by atoms with Gasteiger partial charge in [-0.3, -0.25) is 4.72 Å². The standard InChI is InChI=1S/C17H16ClF3N2O3S/c18-13-2-1-3-14(11-13)27(24,25)22-15-10-12(17(19,20)21)4-5-16(15)23-6-8-26-9-7-23/h1-5,10-11,22H,6-9H2. The highest BCUT2D eigenvalue weighted by atomic mass is 35.5. The van der Waals surface area contributed by atoms with E-state index in [0.29, 0.717) is 32.0 Å². The molecule has 2 aromatic rings. The zero-order valence-corrected chi connectivity index (χ0v) is 15.5. The van der Waals surface area contributed by atoms with Gasteiger partial charge < -0.3 is 9.64 Å². The number of anilines is 2. The lowest BCUT2D eigenvalue weighted by atomic mass is 10.1. The average Bonchev–Trinajstić information content (AvgIpc) is 2.61.